The molecule has 11 nitrogen and oxygen atoms in total. The third-order valence-corrected chi connectivity index (χ3v) is 6.56. The SMILES string of the molecule is CC(c1nc2c(cnn2C2CCOCC2)c(=O)[nH]1)N1CC(Oc2ccc(C=CC(=O)NO)cc2)C1. The van der Waals surface area contributed by atoms with E-state index in [1.165, 1.54) is 6.08 Å². The number of hydrogen-bond donors (Lipinski definition) is 3. The zero-order valence-electron chi connectivity index (χ0n) is 19.4. The van der Waals surface area contributed by atoms with E-state index in [0.29, 0.717) is 43.2 Å². The lowest BCUT2D eigenvalue weighted by Crippen LogP contribution is -2.54. The van der Waals surface area contributed by atoms with Crippen molar-refractivity contribution in [2.45, 2.75) is 38.0 Å². The Hall–Kier alpha value is -3.54. The zero-order chi connectivity index (χ0) is 24.4. The number of benzene rings is 1. The second-order valence-electron chi connectivity index (χ2n) is 8.87. The predicted molar refractivity (Wildman–Crippen MR) is 127 cm³/mol. The van der Waals surface area contributed by atoms with Crippen LogP contribution in [-0.2, 0) is 9.53 Å². The van der Waals surface area contributed by atoms with Crippen molar-refractivity contribution in [2.24, 2.45) is 0 Å². The summed E-state index contributed by atoms with van der Waals surface area (Å²) in [7, 11) is 0. The number of fused-ring (bicyclic) bond motifs is 1. The van der Waals surface area contributed by atoms with Gasteiger partial charge in [0.25, 0.3) is 11.5 Å². The molecule has 1 amide bonds. The number of nitrogens with one attached hydrogen (secondary N) is 2. The van der Waals surface area contributed by atoms with Crippen LogP contribution in [0.5, 0.6) is 5.75 Å². The molecule has 1 unspecified atom stereocenters. The van der Waals surface area contributed by atoms with E-state index in [2.05, 4.69) is 15.0 Å². The molecular weight excluding hydrogens is 452 g/mol. The fourth-order valence-corrected chi connectivity index (χ4v) is 4.44. The molecule has 0 spiro atoms. The van der Waals surface area contributed by atoms with Crippen LogP contribution in [0.1, 0.15) is 43.2 Å². The summed E-state index contributed by atoms with van der Waals surface area (Å²) in [4.78, 5) is 33.7. The summed E-state index contributed by atoms with van der Waals surface area (Å²) in [6, 6.07) is 7.46. The maximum Gasteiger partial charge on any atom is 0.267 e. The van der Waals surface area contributed by atoms with Gasteiger partial charge in [0.1, 0.15) is 23.1 Å². The molecule has 1 atom stereocenters. The molecule has 2 saturated heterocycles. The first kappa shape index (κ1) is 23.2. The molecule has 2 aliphatic rings. The Balaban J connectivity index is 1.22. The molecule has 5 rings (SSSR count). The van der Waals surface area contributed by atoms with Gasteiger partial charge in [0, 0.05) is 32.4 Å². The Morgan fingerprint density at radius 3 is 2.74 bits per heavy atom. The standard InChI is InChI=1S/C24H28N6O5/c1-15(22-26-23-20(24(32)27-22)12-25-30(23)17-8-10-34-11-9-17)29-13-19(14-29)35-18-5-2-16(3-6-18)4-7-21(31)28-33/h2-7,12,15,17,19,33H,8-11,13-14H2,1H3,(H,28,31)(H,26,27,32). The summed E-state index contributed by atoms with van der Waals surface area (Å²) in [6.45, 7) is 4.82. The molecule has 3 aromatic rings. The van der Waals surface area contributed by atoms with Crippen molar-refractivity contribution in [3.05, 3.63) is 58.3 Å². The van der Waals surface area contributed by atoms with Crippen molar-refractivity contribution in [1.82, 2.24) is 30.1 Å². The van der Waals surface area contributed by atoms with Crippen molar-refractivity contribution >= 4 is 23.0 Å². The highest BCUT2D eigenvalue weighted by Crippen LogP contribution is 2.28. The van der Waals surface area contributed by atoms with Crippen molar-refractivity contribution in [1.29, 1.82) is 0 Å². The van der Waals surface area contributed by atoms with Gasteiger partial charge < -0.3 is 14.5 Å². The largest absolute Gasteiger partial charge is 0.488 e. The van der Waals surface area contributed by atoms with Gasteiger partial charge in [-0.1, -0.05) is 12.1 Å². The lowest BCUT2D eigenvalue weighted by molar-refractivity contribution is -0.124. The van der Waals surface area contributed by atoms with E-state index in [1.807, 2.05) is 35.9 Å². The third-order valence-electron chi connectivity index (χ3n) is 6.56. The number of aromatic amines is 1. The summed E-state index contributed by atoms with van der Waals surface area (Å²) in [5, 5.41) is 13.5. The molecule has 2 aliphatic heterocycles. The van der Waals surface area contributed by atoms with Gasteiger partial charge in [-0.05, 0) is 43.5 Å². The van der Waals surface area contributed by atoms with Crippen LogP contribution >= 0.6 is 0 Å². The van der Waals surface area contributed by atoms with Gasteiger partial charge in [0.15, 0.2) is 5.65 Å². The third kappa shape index (κ3) is 4.97. The van der Waals surface area contributed by atoms with Gasteiger partial charge in [-0.15, -0.1) is 0 Å². The van der Waals surface area contributed by atoms with Gasteiger partial charge in [0.05, 0.1) is 18.3 Å². The normalized spacial score (nSPS) is 18.6. The van der Waals surface area contributed by atoms with E-state index in [4.69, 9.17) is 19.7 Å². The summed E-state index contributed by atoms with van der Waals surface area (Å²) in [5.74, 6) is 0.772. The highest BCUT2D eigenvalue weighted by Gasteiger charge is 2.34. The fourth-order valence-electron chi connectivity index (χ4n) is 4.44. The Morgan fingerprint density at radius 2 is 2.03 bits per heavy atom. The number of carbonyl (C=O) groups is 1. The van der Waals surface area contributed by atoms with Gasteiger partial charge in [-0.3, -0.25) is 19.7 Å². The topological polar surface area (TPSA) is 135 Å². The molecule has 0 bridgehead atoms. The highest BCUT2D eigenvalue weighted by molar-refractivity contribution is 5.90. The molecule has 1 aromatic carbocycles. The van der Waals surface area contributed by atoms with E-state index in [0.717, 1.165) is 24.2 Å². The summed E-state index contributed by atoms with van der Waals surface area (Å²) in [5.41, 5.74) is 2.82. The number of hydrogen-bond acceptors (Lipinski definition) is 8. The van der Waals surface area contributed by atoms with E-state index >= 15 is 0 Å². The smallest absolute Gasteiger partial charge is 0.267 e. The summed E-state index contributed by atoms with van der Waals surface area (Å²) in [6.07, 6.45) is 6.18. The average Bonchev–Trinajstić information content (AvgIpc) is 3.30. The Kier molecular flexibility index (Phi) is 6.62. The molecule has 0 radical (unpaired) electrons. The molecule has 184 valence electrons. The van der Waals surface area contributed by atoms with Crippen LogP contribution in [0.2, 0.25) is 0 Å². The second kappa shape index (κ2) is 9.98. The van der Waals surface area contributed by atoms with E-state index in [9.17, 15) is 9.59 Å². The molecular formula is C24H28N6O5. The van der Waals surface area contributed by atoms with Crippen LogP contribution in [0.15, 0.2) is 41.3 Å². The maximum atomic E-state index is 12.7. The van der Waals surface area contributed by atoms with E-state index < -0.39 is 5.91 Å². The summed E-state index contributed by atoms with van der Waals surface area (Å²) >= 11 is 0. The number of hydroxylamine groups is 1. The number of amides is 1. The van der Waals surface area contributed by atoms with Crippen molar-refractivity contribution in [3.8, 4) is 5.75 Å². The number of likely N-dealkylation sites (tertiary alicyclic amines) is 1. The van der Waals surface area contributed by atoms with Gasteiger partial charge in [0.2, 0.25) is 0 Å². The molecule has 2 fully saturated rings. The average molecular weight is 481 g/mol. The Bertz CT molecular complexity index is 1270. The van der Waals surface area contributed by atoms with Crippen LogP contribution in [0, 0.1) is 0 Å². The molecule has 0 saturated carbocycles. The first-order valence-electron chi connectivity index (χ1n) is 11.7. The number of nitrogens with zero attached hydrogens (tertiary/aromatic N) is 4. The predicted octanol–water partition coefficient (Wildman–Crippen LogP) is 1.81. The lowest BCUT2D eigenvalue weighted by atomic mass is 10.1. The number of ether oxygens (including phenoxy) is 2. The minimum atomic E-state index is -0.586. The first-order valence-corrected chi connectivity index (χ1v) is 11.7. The van der Waals surface area contributed by atoms with Gasteiger partial charge in [-0.2, -0.15) is 5.10 Å². The number of carbonyl (C=O) groups excluding carboxylic acids is 1. The van der Waals surface area contributed by atoms with Crippen molar-refractivity contribution in [3.63, 3.8) is 0 Å². The minimum Gasteiger partial charge on any atom is -0.488 e. The van der Waals surface area contributed by atoms with Crippen LogP contribution in [0.25, 0.3) is 17.1 Å². The molecule has 11 heteroatoms. The van der Waals surface area contributed by atoms with Crippen molar-refractivity contribution in [2.75, 3.05) is 26.3 Å². The van der Waals surface area contributed by atoms with Crippen LogP contribution in [-0.4, -0.2) is 68.2 Å². The number of H-pyrrole nitrogens is 1. The summed E-state index contributed by atoms with van der Waals surface area (Å²) < 4.78 is 13.4. The number of aromatic nitrogens is 4. The fraction of sp³-hybridized carbons (Fsp3) is 0.417. The van der Waals surface area contributed by atoms with Crippen LogP contribution in [0.4, 0.5) is 0 Å². The van der Waals surface area contributed by atoms with Crippen LogP contribution < -0.4 is 15.8 Å². The lowest BCUT2D eigenvalue weighted by Gasteiger charge is -2.42. The van der Waals surface area contributed by atoms with Gasteiger partial charge >= 0.3 is 0 Å². The van der Waals surface area contributed by atoms with Crippen LogP contribution in [0.3, 0.4) is 0 Å². The molecule has 2 aromatic heterocycles. The van der Waals surface area contributed by atoms with Crippen molar-refractivity contribution < 1.29 is 19.5 Å². The van der Waals surface area contributed by atoms with E-state index in [-0.39, 0.29) is 23.7 Å². The molecule has 0 aliphatic carbocycles. The number of rotatable bonds is 7. The molecule has 35 heavy (non-hydrogen) atoms. The Labute approximate surface area is 201 Å². The zero-order valence-corrected chi connectivity index (χ0v) is 19.4. The second-order valence-corrected chi connectivity index (χ2v) is 8.87. The monoisotopic (exact) mass is 480 g/mol. The molecule has 3 N–H and O–H groups in total. The highest BCUT2D eigenvalue weighted by atomic mass is 16.5. The Morgan fingerprint density at radius 1 is 1.29 bits per heavy atom. The van der Waals surface area contributed by atoms with E-state index in [1.54, 1.807) is 17.8 Å². The minimum absolute atomic E-state index is 0.0298. The quantitative estimate of drug-likeness (QED) is 0.265. The molecule has 4 heterocycles. The first-order chi connectivity index (χ1) is 17.0. The van der Waals surface area contributed by atoms with Gasteiger partial charge in [-0.25, -0.2) is 15.1 Å². The maximum absolute atomic E-state index is 12.7.